The first-order valence-corrected chi connectivity index (χ1v) is 6.96. The quantitative estimate of drug-likeness (QED) is 0.718. The van der Waals surface area contributed by atoms with Crippen LogP contribution in [0.1, 0.15) is 52.9 Å². The minimum atomic E-state index is -1.18. The zero-order chi connectivity index (χ0) is 15.4. The predicted molar refractivity (Wildman–Crippen MR) is 74.2 cm³/mol. The van der Waals surface area contributed by atoms with Gasteiger partial charge in [-0.25, -0.2) is 4.79 Å². The first-order chi connectivity index (χ1) is 9.15. The third-order valence-corrected chi connectivity index (χ3v) is 3.92. The van der Waals surface area contributed by atoms with Crippen LogP contribution in [0.4, 0.5) is 4.79 Å². The average molecular weight is 284 g/mol. The van der Waals surface area contributed by atoms with E-state index >= 15 is 0 Å². The summed E-state index contributed by atoms with van der Waals surface area (Å²) in [6, 6.07) is -0.552. The molecule has 1 saturated carbocycles. The highest BCUT2D eigenvalue weighted by atomic mass is 16.4. The molecule has 114 valence electrons. The summed E-state index contributed by atoms with van der Waals surface area (Å²) in [4.78, 5) is 34.1. The molecule has 6 nitrogen and oxygen atoms in total. The number of rotatable bonds is 5. The van der Waals surface area contributed by atoms with Crippen LogP contribution in [-0.2, 0) is 9.59 Å². The van der Waals surface area contributed by atoms with Crippen molar-refractivity contribution in [2.24, 2.45) is 10.8 Å². The molecule has 6 heteroatoms. The number of aliphatic carboxylic acids is 1. The van der Waals surface area contributed by atoms with E-state index in [1.807, 2.05) is 0 Å². The lowest BCUT2D eigenvalue weighted by Crippen LogP contribution is -2.44. The van der Waals surface area contributed by atoms with E-state index in [9.17, 15) is 14.4 Å². The fourth-order valence-corrected chi connectivity index (χ4v) is 2.39. The number of hydrogen-bond donors (Lipinski definition) is 3. The highest BCUT2D eigenvalue weighted by molar-refractivity contribution is 5.96. The normalized spacial score (nSPS) is 17.6. The maximum Gasteiger partial charge on any atom is 0.321 e. The molecule has 1 rings (SSSR count). The summed E-state index contributed by atoms with van der Waals surface area (Å²) in [5.74, 6) is -1.64. The van der Waals surface area contributed by atoms with E-state index in [1.54, 1.807) is 0 Å². The summed E-state index contributed by atoms with van der Waals surface area (Å²) in [5.41, 5.74) is -1.07. The molecule has 1 aliphatic carbocycles. The Hall–Kier alpha value is -1.59. The molecule has 0 aliphatic heterocycles. The van der Waals surface area contributed by atoms with Gasteiger partial charge < -0.3 is 10.4 Å². The third kappa shape index (κ3) is 4.83. The minimum absolute atomic E-state index is 0.112. The Bertz CT molecular complexity index is 398. The first-order valence-electron chi connectivity index (χ1n) is 6.96. The molecule has 0 aromatic rings. The van der Waals surface area contributed by atoms with Crippen LogP contribution in [0.3, 0.4) is 0 Å². The van der Waals surface area contributed by atoms with Crippen LogP contribution in [0.2, 0.25) is 0 Å². The van der Waals surface area contributed by atoms with Gasteiger partial charge >= 0.3 is 12.0 Å². The molecular weight excluding hydrogens is 260 g/mol. The van der Waals surface area contributed by atoms with E-state index in [0.717, 1.165) is 12.8 Å². The number of amides is 3. The summed E-state index contributed by atoms with van der Waals surface area (Å²) in [7, 11) is 0. The summed E-state index contributed by atoms with van der Waals surface area (Å²) < 4.78 is 0. The first kappa shape index (κ1) is 16.5. The van der Waals surface area contributed by atoms with E-state index < -0.39 is 23.3 Å². The van der Waals surface area contributed by atoms with Crippen LogP contribution in [0, 0.1) is 10.8 Å². The number of carbonyl (C=O) groups excluding carboxylic acids is 2. The Labute approximate surface area is 119 Å². The minimum Gasteiger partial charge on any atom is -0.481 e. The molecule has 0 spiro atoms. The van der Waals surface area contributed by atoms with E-state index in [1.165, 1.54) is 26.7 Å². The van der Waals surface area contributed by atoms with Gasteiger partial charge in [-0.3, -0.25) is 14.9 Å². The van der Waals surface area contributed by atoms with Gasteiger partial charge in [-0.15, -0.1) is 0 Å². The number of urea groups is 1. The van der Waals surface area contributed by atoms with Crippen molar-refractivity contribution in [2.75, 3.05) is 6.54 Å². The maximum atomic E-state index is 11.6. The van der Waals surface area contributed by atoms with Crippen LogP contribution in [0.5, 0.6) is 0 Å². The van der Waals surface area contributed by atoms with Crippen LogP contribution >= 0.6 is 0 Å². The number of hydrogen-bond acceptors (Lipinski definition) is 3. The molecule has 20 heavy (non-hydrogen) atoms. The van der Waals surface area contributed by atoms with Crippen molar-refractivity contribution in [1.82, 2.24) is 10.6 Å². The Morgan fingerprint density at radius 1 is 1.20 bits per heavy atom. The summed E-state index contributed by atoms with van der Waals surface area (Å²) >= 11 is 0. The molecule has 0 heterocycles. The lowest BCUT2D eigenvalue weighted by Gasteiger charge is -2.24. The van der Waals surface area contributed by atoms with Crippen molar-refractivity contribution in [3.05, 3.63) is 0 Å². The van der Waals surface area contributed by atoms with Gasteiger partial charge in [-0.1, -0.05) is 19.8 Å². The number of nitrogens with one attached hydrogen (secondary N) is 2. The second kappa shape index (κ2) is 6.24. The molecule has 1 fully saturated rings. The van der Waals surface area contributed by atoms with Crippen LogP contribution in [0.25, 0.3) is 0 Å². The molecule has 3 N–H and O–H groups in total. The molecular formula is C14H24N2O4. The van der Waals surface area contributed by atoms with Crippen molar-refractivity contribution in [2.45, 2.75) is 52.9 Å². The number of carboxylic acid groups (broad SMARTS) is 1. The third-order valence-electron chi connectivity index (χ3n) is 3.92. The van der Waals surface area contributed by atoms with Gasteiger partial charge in [0.15, 0.2) is 0 Å². The topological polar surface area (TPSA) is 95.5 Å². The molecule has 3 amide bonds. The van der Waals surface area contributed by atoms with Crippen LogP contribution < -0.4 is 10.6 Å². The zero-order valence-electron chi connectivity index (χ0n) is 12.4. The second-order valence-electron chi connectivity index (χ2n) is 6.61. The average Bonchev–Trinajstić information content (AvgIpc) is 2.73. The molecule has 0 aromatic carbocycles. The van der Waals surface area contributed by atoms with Gasteiger partial charge in [-0.2, -0.15) is 0 Å². The number of carboxylic acids is 1. The summed E-state index contributed by atoms with van der Waals surface area (Å²) in [6.07, 6.45) is 4.27. The zero-order valence-corrected chi connectivity index (χ0v) is 12.4. The largest absolute Gasteiger partial charge is 0.481 e. The van der Waals surface area contributed by atoms with Gasteiger partial charge in [0, 0.05) is 13.0 Å². The fourth-order valence-electron chi connectivity index (χ4n) is 2.39. The van der Waals surface area contributed by atoms with Crippen molar-refractivity contribution in [3.8, 4) is 0 Å². The Kier molecular flexibility index (Phi) is 5.14. The summed E-state index contributed by atoms with van der Waals surface area (Å²) in [6.45, 7) is 5.56. The van der Waals surface area contributed by atoms with Crippen LogP contribution in [-0.4, -0.2) is 29.6 Å². The lowest BCUT2D eigenvalue weighted by molar-refractivity contribution is -0.149. The standard InChI is InChI=1S/C14H24N2O4/c1-13(2,11(18)19)8-10(17)16-12(20)15-9-14(3)6-4-5-7-14/h4-9H2,1-3H3,(H,18,19)(H2,15,16,17,20). The van der Waals surface area contributed by atoms with Crippen molar-refractivity contribution < 1.29 is 19.5 Å². The summed E-state index contributed by atoms with van der Waals surface area (Å²) in [5, 5.41) is 13.8. The van der Waals surface area contributed by atoms with Crippen molar-refractivity contribution in [3.63, 3.8) is 0 Å². The number of carbonyl (C=O) groups is 3. The second-order valence-corrected chi connectivity index (χ2v) is 6.61. The van der Waals surface area contributed by atoms with E-state index in [4.69, 9.17) is 5.11 Å². The van der Waals surface area contributed by atoms with E-state index in [-0.39, 0.29) is 11.8 Å². The highest BCUT2D eigenvalue weighted by Gasteiger charge is 2.31. The Balaban J connectivity index is 2.35. The molecule has 0 atom stereocenters. The highest BCUT2D eigenvalue weighted by Crippen LogP contribution is 2.36. The van der Waals surface area contributed by atoms with E-state index in [0.29, 0.717) is 6.54 Å². The molecule has 0 bridgehead atoms. The van der Waals surface area contributed by atoms with Crippen molar-refractivity contribution in [1.29, 1.82) is 0 Å². The van der Waals surface area contributed by atoms with Gasteiger partial charge in [0.25, 0.3) is 0 Å². The number of imide groups is 1. The van der Waals surface area contributed by atoms with Gasteiger partial charge in [0.1, 0.15) is 0 Å². The lowest BCUT2D eigenvalue weighted by atomic mass is 9.89. The molecule has 0 radical (unpaired) electrons. The van der Waals surface area contributed by atoms with Crippen LogP contribution in [0.15, 0.2) is 0 Å². The smallest absolute Gasteiger partial charge is 0.321 e. The maximum absolute atomic E-state index is 11.6. The van der Waals surface area contributed by atoms with Gasteiger partial charge in [-0.05, 0) is 32.1 Å². The predicted octanol–water partition coefficient (Wildman–Crippen LogP) is 1.89. The van der Waals surface area contributed by atoms with E-state index in [2.05, 4.69) is 17.6 Å². The molecule has 1 aliphatic rings. The van der Waals surface area contributed by atoms with Crippen molar-refractivity contribution >= 4 is 17.9 Å². The fraction of sp³-hybridized carbons (Fsp3) is 0.786. The Morgan fingerprint density at radius 2 is 1.75 bits per heavy atom. The molecule has 0 unspecified atom stereocenters. The monoisotopic (exact) mass is 284 g/mol. The Morgan fingerprint density at radius 3 is 2.25 bits per heavy atom. The SMILES string of the molecule is CC1(CNC(=O)NC(=O)CC(C)(C)C(=O)O)CCCC1. The van der Waals surface area contributed by atoms with Gasteiger partial charge in [0.05, 0.1) is 5.41 Å². The molecule has 0 saturated heterocycles. The molecule has 0 aromatic heterocycles. The van der Waals surface area contributed by atoms with Gasteiger partial charge in [0.2, 0.25) is 5.91 Å².